The van der Waals surface area contributed by atoms with E-state index in [1.54, 1.807) is 0 Å². The molecule has 0 aliphatic carbocycles. The van der Waals surface area contributed by atoms with Gasteiger partial charge in [0, 0.05) is 32.9 Å². The van der Waals surface area contributed by atoms with E-state index >= 15 is 0 Å². The van der Waals surface area contributed by atoms with Crippen LogP contribution in [-0.2, 0) is 0 Å². The number of rotatable bonds is 5. The first kappa shape index (κ1) is 14.2. The molecule has 2 nitrogen and oxygen atoms in total. The Balaban J connectivity index is 1.95. The van der Waals surface area contributed by atoms with Crippen molar-refractivity contribution in [2.75, 3.05) is 6.54 Å². The summed E-state index contributed by atoms with van der Waals surface area (Å²) < 4.78 is 0. The molecule has 0 radical (unpaired) electrons. The zero-order valence-corrected chi connectivity index (χ0v) is 13.3. The third-order valence-electron chi connectivity index (χ3n) is 3.65. The zero-order valence-electron chi connectivity index (χ0n) is 12.5. The first-order chi connectivity index (χ1) is 10.3. The number of aromatic nitrogens is 1. The highest BCUT2D eigenvalue weighted by atomic mass is 32.1. The highest BCUT2D eigenvalue weighted by Crippen LogP contribution is 2.34. The highest BCUT2D eigenvalue weighted by Gasteiger charge is 2.11. The lowest BCUT2D eigenvalue weighted by Gasteiger charge is -2.10. The van der Waals surface area contributed by atoms with Gasteiger partial charge in [-0.3, -0.25) is 4.98 Å². The van der Waals surface area contributed by atoms with Crippen molar-refractivity contribution < 1.29 is 0 Å². The molecule has 0 saturated carbocycles. The number of nitrogens with zero attached hydrogens (tertiary/aromatic N) is 1. The SMILES string of the molecule is CCCNC(C)c1ccc(-c2cccc3cccnc23)s1. The molecule has 1 unspecified atom stereocenters. The molecule has 0 aliphatic heterocycles. The minimum Gasteiger partial charge on any atom is -0.309 e. The molecule has 1 N–H and O–H groups in total. The third-order valence-corrected chi connectivity index (χ3v) is 4.95. The second-order valence-corrected chi connectivity index (χ2v) is 6.37. The average molecular weight is 296 g/mol. The maximum absolute atomic E-state index is 4.55. The van der Waals surface area contributed by atoms with Crippen LogP contribution in [0, 0.1) is 0 Å². The molecule has 1 atom stereocenters. The molecule has 2 heterocycles. The van der Waals surface area contributed by atoms with Gasteiger partial charge in [0.25, 0.3) is 0 Å². The van der Waals surface area contributed by atoms with Crippen LogP contribution in [0.25, 0.3) is 21.3 Å². The summed E-state index contributed by atoms with van der Waals surface area (Å²) in [5.41, 5.74) is 2.31. The van der Waals surface area contributed by atoms with Crippen LogP contribution >= 0.6 is 11.3 Å². The van der Waals surface area contributed by atoms with E-state index in [1.807, 2.05) is 23.6 Å². The van der Waals surface area contributed by atoms with Crippen molar-refractivity contribution in [1.29, 1.82) is 0 Å². The van der Waals surface area contributed by atoms with Gasteiger partial charge in [-0.2, -0.15) is 0 Å². The quantitative estimate of drug-likeness (QED) is 0.714. The summed E-state index contributed by atoms with van der Waals surface area (Å²) in [5, 5.41) is 4.74. The van der Waals surface area contributed by atoms with Crippen molar-refractivity contribution in [3.63, 3.8) is 0 Å². The van der Waals surface area contributed by atoms with E-state index in [-0.39, 0.29) is 0 Å². The molecule has 2 aromatic heterocycles. The van der Waals surface area contributed by atoms with E-state index in [1.165, 1.54) is 20.7 Å². The van der Waals surface area contributed by atoms with E-state index in [0.29, 0.717) is 6.04 Å². The van der Waals surface area contributed by atoms with Crippen LogP contribution in [-0.4, -0.2) is 11.5 Å². The second kappa shape index (κ2) is 6.37. The average Bonchev–Trinajstić information content (AvgIpc) is 3.02. The number of hydrogen-bond donors (Lipinski definition) is 1. The van der Waals surface area contributed by atoms with Gasteiger partial charge in [-0.25, -0.2) is 0 Å². The molecule has 0 saturated heterocycles. The summed E-state index contributed by atoms with van der Waals surface area (Å²) in [4.78, 5) is 7.22. The molecular formula is C18H20N2S. The lowest BCUT2D eigenvalue weighted by atomic mass is 10.1. The molecule has 0 fully saturated rings. The number of pyridine rings is 1. The van der Waals surface area contributed by atoms with Crippen LogP contribution in [0.1, 0.15) is 31.2 Å². The van der Waals surface area contributed by atoms with Crippen molar-refractivity contribution in [2.45, 2.75) is 26.3 Å². The minimum absolute atomic E-state index is 0.409. The molecule has 0 amide bonds. The van der Waals surface area contributed by atoms with Crippen molar-refractivity contribution in [3.05, 3.63) is 53.5 Å². The summed E-state index contributed by atoms with van der Waals surface area (Å²) in [6, 6.07) is 15.3. The molecule has 21 heavy (non-hydrogen) atoms. The fourth-order valence-corrected chi connectivity index (χ4v) is 3.56. The standard InChI is InChI=1S/C18H20N2S/c1-3-11-19-13(2)16-9-10-17(21-16)15-8-4-6-14-7-5-12-20-18(14)15/h4-10,12-13,19H,3,11H2,1-2H3. The third kappa shape index (κ3) is 2.99. The molecule has 0 spiro atoms. The lowest BCUT2D eigenvalue weighted by molar-refractivity contribution is 0.578. The number of benzene rings is 1. The van der Waals surface area contributed by atoms with Gasteiger partial charge in [0.05, 0.1) is 5.52 Å². The Labute approximate surface area is 129 Å². The molecular weight excluding hydrogens is 276 g/mol. The van der Waals surface area contributed by atoms with Crippen LogP contribution in [0.15, 0.2) is 48.7 Å². The minimum atomic E-state index is 0.409. The molecule has 0 bridgehead atoms. The summed E-state index contributed by atoms with van der Waals surface area (Å²) >= 11 is 1.86. The van der Waals surface area contributed by atoms with Gasteiger partial charge in [0.15, 0.2) is 0 Å². The molecule has 3 heteroatoms. The largest absolute Gasteiger partial charge is 0.309 e. The van der Waals surface area contributed by atoms with Crippen molar-refractivity contribution in [2.24, 2.45) is 0 Å². The van der Waals surface area contributed by atoms with Crippen LogP contribution in [0.2, 0.25) is 0 Å². The molecule has 108 valence electrons. The Kier molecular flexibility index (Phi) is 4.32. The van der Waals surface area contributed by atoms with E-state index in [9.17, 15) is 0 Å². The van der Waals surface area contributed by atoms with E-state index in [4.69, 9.17) is 0 Å². The number of nitrogens with one attached hydrogen (secondary N) is 1. The van der Waals surface area contributed by atoms with Crippen molar-refractivity contribution >= 4 is 22.2 Å². The topological polar surface area (TPSA) is 24.9 Å². The molecule has 0 aliphatic rings. The van der Waals surface area contributed by atoms with Gasteiger partial charge in [-0.15, -0.1) is 11.3 Å². The van der Waals surface area contributed by atoms with Crippen LogP contribution in [0.5, 0.6) is 0 Å². The second-order valence-electron chi connectivity index (χ2n) is 5.26. The van der Waals surface area contributed by atoms with Crippen LogP contribution < -0.4 is 5.32 Å². The fraction of sp³-hybridized carbons (Fsp3) is 0.278. The zero-order chi connectivity index (χ0) is 14.7. The van der Waals surface area contributed by atoms with Crippen molar-refractivity contribution in [1.82, 2.24) is 10.3 Å². The smallest absolute Gasteiger partial charge is 0.0788 e. The summed E-state index contributed by atoms with van der Waals surface area (Å²) in [6.45, 7) is 5.48. The predicted molar refractivity (Wildman–Crippen MR) is 91.8 cm³/mol. The Morgan fingerprint density at radius 3 is 2.86 bits per heavy atom. The van der Waals surface area contributed by atoms with E-state index < -0.39 is 0 Å². The number of hydrogen-bond acceptors (Lipinski definition) is 3. The normalized spacial score (nSPS) is 12.7. The van der Waals surface area contributed by atoms with Crippen molar-refractivity contribution in [3.8, 4) is 10.4 Å². The van der Waals surface area contributed by atoms with Gasteiger partial charge < -0.3 is 5.32 Å². The molecule has 3 rings (SSSR count). The van der Waals surface area contributed by atoms with Gasteiger partial charge in [0.2, 0.25) is 0 Å². The molecule has 1 aromatic carbocycles. The summed E-state index contributed by atoms with van der Waals surface area (Å²) in [7, 11) is 0. The highest BCUT2D eigenvalue weighted by molar-refractivity contribution is 7.15. The maximum Gasteiger partial charge on any atom is 0.0788 e. The van der Waals surface area contributed by atoms with Gasteiger partial charge in [-0.05, 0) is 38.1 Å². The van der Waals surface area contributed by atoms with Gasteiger partial charge >= 0.3 is 0 Å². The first-order valence-electron chi connectivity index (χ1n) is 7.47. The Bertz CT molecular complexity index is 727. The summed E-state index contributed by atoms with van der Waals surface area (Å²) in [6.07, 6.45) is 3.03. The monoisotopic (exact) mass is 296 g/mol. The Morgan fingerprint density at radius 1 is 1.14 bits per heavy atom. The van der Waals surface area contributed by atoms with E-state index in [0.717, 1.165) is 18.5 Å². The van der Waals surface area contributed by atoms with Crippen LogP contribution in [0.3, 0.4) is 0 Å². The number of para-hydroxylation sites is 1. The molecule has 3 aromatic rings. The van der Waals surface area contributed by atoms with Crippen LogP contribution in [0.4, 0.5) is 0 Å². The number of thiophene rings is 1. The fourth-order valence-electron chi connectivity index (χ4n) is 2.49. The maximum atomic E-state index is 4.55. The first-order valence-corrected chi connectivity index (χ1v) is 8.28. The van der Waals surface area contributed by atoms with E-state index in [2.05, 4.69) is 60.5 Å². The Morgan fingerprint density at radius 2 is 2.00 bits per heavy atom. The Hall–Kier alpha value is -1.71. The van der Waals surface area contributed by atoms with Gasteiger partial charge in [0.1, 0.15) is 0 Å². The predicted octanol–water partition coefficient (Wildman–Crippen LogP) is 5.02. The number of fused-ring (bicyclic) bond motifs is 1. The van der Waals surface area contributed by atoms with Gasteiger partial charge in [-0.1, -0.05) is 31.2 Å². The lowest BCUT2D eigenvalue weighted by Crippen LogP contribution is -2.18. The summed E-state index contributed by atoms with van der Waals surface area (Å²) in [5.74, 6) is 0.